The molecule has 3 amide bonds. The Hall–Kier alpha value is -2.90. The van der Waals surface area contributed by atoms with Crippen molar-refractivity contribution in [1.82, 2.24) is 14.8 Å². The zero-order valence-electron chi connectivity index (χ0n) is 20.7. The van der Waals surface area contributed by atoms with Crippen molar-refractivity contribution < 1.29 is 18.8 Å². The molecule has 2 heterocycles. The van der Waals surface area contributed by atoms with Gasteiger partial charge in [-0.05, 0) is 50.8 Å². The smallest absolute Gasteiger partial charge is 0.273 e. The number of rotatable bonds is 4. The van der Waals surface area contributed by atoms with E-state index < -0.39 is 11.4 Å². The molecule has 7 nitrogen and oxygen atoms in total. The van der Waals surface area contributed by atoms with E-state index in [1.54, 1.807) is 11.0 Å². The largest absolute Gasteiger partial charge is 0.351 e. The molecule has 2 saturated carbocycles. The summed E-state index contributed by atoms with van der Waals surface area (Å²) in [4.78, 5) is 42.0. The van der Waals surface area contributed by atoms with E-state index in [0.717, 1.165) is 57.8 Å². The van der Waals surface area contributed by atoms with E-state index in [1.165, 1.54) is 25.5 Å². The average molecular weight is 483 g/mol. The van der Waals surface area contributed by atoms with Gasteiger partial charge in [-0.25, -0.2) is 4.39 Å². The fraction of sp³-hybridized carbons (Fsp3) is 0.593. The molecule has 1 aliphatic heterocycles. The molecule has 5 rings (SSSR count). The highest BCUT2D eigenvalue weighted by molar-refractivity contribution is 6.14. The predicted molar refractivity (Wildman–Crippen MR) is 133 cm³/mol. The van der Waals surface area contributed by atoms with Crippen molar-refractivity contribution in [2.75, 3.05) is 5.32 Å². The third-order valence-electron chi connectivity index (χ3n) is 8.11. The molecule has 1 aromatic carbocycles. The molecule has 35 heavy (non-hydrogen) atoms. The van der Waals surface area contributed by atoms with E-state index in [2.05, 4.69) is 10.6 Å². The van der Waals surface area contributed by atoms with Gasteiger partial charge in [0.25, 0.3) is 5.91 Å². The fourth-order valence-corrected chi connectivity index (χ4v) is 6.42. The Labute approximate surface area is 205 Å². The second-order valence-corrected chi connectivity index (χ2v) is 10.7. The molecule has 1 atom stereocenters. The lowest BCUT2D eigenvalue weighted by Crippen LogP contribution is -2.67. The van der Waals surface area contributed by atoms with E-state index in [0.29, 0.717) is 22.3 Å². The van der Waals surface area contributed by atoms with Crippen molar-refractivity contribution in [3.05, 3.63) is 29.7 Å². The topological polar surface area (TPSA) is 83.4 Å². The second-order valence-electron chi connectivity index (χ2n) is 10.7. The predicted octanol–water partition coefficient (Wildman–Crippen LogP) is 4.73. The number of hydrogen-bond donors (Lipinski definition) is 2. The number of nitrogens with zero attached hydrogens (tertiary/aromatic N) is 2. The molecule has 0 bridgehead atoms. The van der Waals surface area contributed by atoms with Gasteiger partial charge in [0.1, 0.15) is 17.1 Å². The quantitative estimate of drug-likeness (QED) is 0.661. The third-order valence-corrected chi connectivity index (χ3v) is 8.11. The van der Waals surface area contributed by atoms with Crippen molar-refractivity contribution in [2.45, 2.75) is 102 Å². The molecular weight excluding hydrogens is 447 g/mol. The highest BCUT2D eigenvalue weighted by Gasteiger charge is 2.51. The molecule has 2 aromatic rings. The molecule has 0 radical (unpaired) electrons. The monoisotopic (exact) mass is 482 g/mol. The van der Waals surface area contributed by atoms with Gasteiger partial charge in [-0.15, -0.1) is 0 Å². The summed E-state index contributed by atoms with van der Waals surface area (Å²) in [6.45, 7) is 3.50. The van der Waals surface area contributed by atoms with Gasteiger partial charge in [0.2, 0.25) is 11.8 Å². The van der Waals surface area contributed by atoms with Crippen LogP contribution in [0.5, 0.6) is 0 Å². The van der Waals surface area contributed by atoms with Gasteiger partial charge in [-0.1, -0.05) is 38.5 Å². The van der Waals surface area contributed by atoms with Gasteiger partial charge < -0.3 is 20.1 Å². The Morgan fingerprint density at radius 3 is 2.34 bits per heavy atom. The standard InChI is InChI=1S/C27H35FN4O3/c1-17(33)29-23-21-15-18(28)13-14-22(21)31-16-27(2,26(35)30-19-9-5-3-6-10-19)32(25(34)24(23)31)20-11-7-4-8-12-20/h13-15,19-20H,3-12,16H2,1-2H3,(H,29,33)(H,30,35)/t27-/m1/s1. The lowest BCUT2D eigenvalue weighted by Gasteiger charge is -2.49. The van der Waals surface area contributed by atoms with Crippen LogP contribution in [-0.4, -0.2) is 44.8 Å². The van der Waals surface area contributed by atoms with Gasteiger partial charge in [0, 0.05) is 24.4 Å². The van der Waals surface area contributed by atoms with E-state index in [9.17, 15) is 18.8 Å². The summed E-state index contributed by atoms with van der Waals surface area (Å²) in [7, 11) is 0. The van der Waals surface area contributed by atoms with Crippen LogP contribution in [0, 0.1) is 5.82 Å². The minimum absolute atomic E-state index is 0.0490. The first-order chi connectivity index (χ1) is 16.8. The number of carbonyl (C=O) groups excluding carboxylic acids is 3. The summed E-state index contributed by atoms with van der Waals surface area (Å²) >= 11 is 0. The third kappa shape index (κ3) is 4.21. The summed E-state index contributed by atoms with van der Waals surface area (Å²) in [5, 5.41) is 6.53. The van der Waals surface area contributed by atoms with Crippen molar-refractivity contribution in [2.24, 2.45) is 0 Å². The minimum atomic E-state index is -1.09. The van der Waals surface area contributed by atoms with E-state index >= 15 is 0 Å². The maximum Gasteiger partial charge on any atom is 0.273 e. The van der Waals surface area contributed by atoms with Gasteiger partial charge in [-0.2, -0.15) is 0 Å². The molecule has 0 spiro atoms. The summed E-state index contributed by atoms with van der Waals surface area (Å²) in [5.74, 6) is -1.17. The number of hydrogen-bond acceptors (Lipinski definition) is 3. The van der Waals surface area contributed by atoms with Gasteiger partial charge in [0.15, 0.2) is 0 Å². The number of aromatic nitrogens is 1. The Morgan fingerprint density at radius 2 is 1.69 bits per heavy atom. The van der Waals surface area contributed by atoms with Crippen LogP contribution in [0.1, 0.15) is 88.5 Å². The van der Waals surface area contributed by atoms with Crippen LogP contribution in [0.2, 0.25) is 0 Å². The van der Waals surface area contributed by atoms with Crippen molar-refractivity contribution in [1.29, 1.82) is 0 Å². The average Bonchev–Trinajstić information content (AvgIpc) is 3.12. The Bertz CT molecular complexity index is 1160. The summed E-state index contributed by atoms with van der Waals surface area (Å²) in [6.07, 6.45) is 10.2. The van der Waals surface area contributed by atoms with Crippen LogP contribution in [0.15, 0.2) is 18.2 Å². The first kappa shape index (κ1) is 23.8. The van der Waals surface area contributed by atoms with E-state index in [4.69, 9.17) is 0 Å². The van der Waals surface area contributed by atoms with E-state index in [-0.39, 0.29) is 36.3 Å². The normalized spacial score (nSPS) is 23.9. The Balaban J connectivity index is 1.63. The summed E-state index contributed by atoms with van der Waals surface area (Å²) in [5.41, 5.74) is 0.206. The van der Waals surface area contributed by atoms with Crippen molar-refractivity contribution >= 4 is 34.3 Å². The minimum Gasteiger partial charge on any atom is -0.351 e. The van der Waals surface area contributed by atoms with Gasteiger partial charge in [-0.3, -0.25) is 14.4 Å². The number of amides is 3. The molecule has 2 fully saturated rings. The van der Waals surface area contributed by atoms with Crippen LogP contribution in [0.3, 0.4) is 0 Å². The molecule has 2 N–H and O–H groups in total. The molecule has 8 heteroatoms. The first-order valence-electron chi connectivity index (χ1n) is 13.0. The Morgan fingerprint density at radius 1 is 1.03 bits per heavy atom. The maximum absolute atomic E-state index is 14.3. The molecule has 188 valence electrons. The lowest BCUT2D eigenvalue weighted by atomic mass is 9.86. The fourth-order valence-electron chi connectivity index (χ4n) is 6.42. The number of halogens is 1. The van der Waals surface area contributed by atoms with Crippen molar-refractivity contribution in [3.8, 4) is 0 Å². The van der Waals surface area contributed by atoms with Crippen LogP contribution < -0.4 is 10.6 Å². The number of carbonyl (C=O) groups is 3. The van der Waals surface area contributed by atoms with Crippen LogP contribution in [0.25, 0.3) is 10.9 Å². The van der Waals surface area contributed by atoms with Gasteiger partial charge in [0.05, 0.1) is 17.7 Å². The van der Waals surface area contributed by atoms with Crippen molar-refractivity contribution in [3.63, 3.8) is 0 Å². The maximum atomic E-state index is 14.3. The summed E-state index contributed by atoms with van der Waals surface area (Å²) < 4.78 is 16.1. The van der Waals surface area contributed by atoms with Crippen LogP contribution in [-0.2, 0) is 16.1 Å². The number of anilines is 1. The van der Waals surface area contributed by atoms with Gasteiger partial charge >= 0.3 is 0 Å². The van der Waals surface area contributed by atoms with E-state index in [1.807, 2.05) is 11.5 Å². The number of benzene rings is 1. The zero-order chi connectivity index (χ0) is 24.7. The molecule has 0 saturated heterocycles. The summed E-state index contributed by atoms with van der Waals surface area (Å²) in [6, 6.07) is 4.41. The second kappa shape index (κ2) is 9.28. The highest BCUT2D eigenvalue weighted by Crippen LogP contribution is 2.42. The molecular formula is C27H35FN4O3. The Kier molecular flexibility index (Phi) is 6.32. The molecule has 2 aliphatic carbocycles. The first-order valence-corrected chi connectivity index (χ1v) is 13.0. The highest BCUT2D eigenvalue weighted by atomic mass is 19.1. The SMILES string of the molecule is CC(=O)Nc1c2n(c3ccc(F)cc13)C[C@](C)(C(=O)NC1CCCCC1)N(C1CCCCC1)C2=O. The molecule has 0 unspecified atom stereocenters. The molecule has 3 aliphatic rings. The number of fused-ring (bicyclic) bond motifs is 3. The zero-order valence-corrected chi connectivity index (χ0v) is 20.7. The lowest BCUT2D eigenvalue weighted by molar-refractivity contribution is -0.135. The molecule has 1 aromatic heterocycles. The van der Waals surface area contributed by atoms with Crippen LogP contribution >= 0.6 is 0 Å². The number of nitrogens with one attached hydrogen (secondary N) is 2. The van der Waals surface area contributed by atoms with Crippen LogP contribution in [0.4, 0.5) is 10.1 Å².